The van der Waals surface area contributed by atoms with E-state index in [1.54, 1.807) is 0 Å². The number of carbonyl (C=O) groups excluding carboxylic acids is 1. The number of amides is 1. The number of aromatic carboxylic acids is 1. The molecule has 130 valence electrons. The topological polar surface area (TPSA) is 164 Å². The fourth-order valence-corrected chi connectivity index (χ4v) is 2.46. The van der Waals surface area contributed by atoms with Crippen LogP contribution in [0.5, 0.6) is 0 Å². The highest BCUT2D eigenvalue weighted by atomic mass is 32.2. The molecule has 3 N–H and O–H groups in total. The van der Waals surface area contributed by atoms with Crippen LogP contribution in [0.3, 0.4) is 0 Å². The number of rotatable bonds is 5. The molecule has 2 rings (SSSR count). The number of nitro groups is 1. The first-order valence-electron chi connectivity index (χ1n) is 6.49. The van der Waals surface area contributed by atoms with Gasteiger partial charge in [0.15, 0.2) is 0 Å². The van der Waals surface area contributed by atoms with Crippen LogP contribution < -0.4 is 5.32 Å². The van der Waals surface area contributed by atoms with Gasteiger partial charge in [0.1, 0.15) is 0 Å². The summed E-state index contributed by atoms with van der Waals surface area (Å²) in [6.45, 7) is 0. The van der Waals surface area contributed by atoms with Gasteiger partial charge in [-0.3, -0.25) is 19.5 Å². The molecule has 0 saturated carbocycles. The third kappa shape index (κ3) is 4.37. The number of non-ortho nitro benzene ring substituents is 1. The summed E-state index contributed by atoms with van der Waals surface area (Å²) >= 11 is 0. The molecule has 0 heterocycles. The highest BCUT2D eigenvalue weighted by molar-refractivity contribution is 7.85. The molecule has 11 heteroatoms. The zero-order chi connectivity index (χ0) is 18.8. The van der Waals surface area contributed by atoms with Gasteiger partial charge in [-0.15, -0.1) is 0 Å². The maximum Gasteiger partial charge on any atom is 0.335 e. The van der Waals surface area contributed by atoms with Crippen molar-refractivity contribution in [3.8, 4) is 0 Å². The Labute approximate surface area is 140 Å². The average molecular weight is 366 g/mol. The molecule has 10 nitrogen and oxygen atoms in total. The molecule has 0 atom stereocenters. The summed E-state index contributed by atoms with van der Waals surface area (Å²) in [5.74, 6) is -2.30. The molecule has 0 radical (unpaired) electrons. The van der Waals surface area contributed by atoms with Gasteiger partial charge in [0, 0.05) is 23.4 Å². The van der Waals surface area contributed by atoms with Gasteiger partial charge in [0.2, 0.25) is 0 Å². The molecule has 0 unspecified atom stereocenters. The SMILES string of the molecule is O=C(O)c1cc(NC(=O)c2cccc([N+](=O)[O-])c2)cc(S(=O)(=O)O)c1. The Morgan fingerprint density at radius 1 is 1.08 bits per heavy atom. The van der Waals surface area contributed by atoms with Crippen molar-refractivity contribution >= 4 is 33.4 Å². The van der Waals surface area contributed by atoms with E-state index in [1.807, 2.05) is 0 Å². The number of anilines is 1. The molecule has 0 spiro atoms. The minimum absolute atomic E-state index is 0.0941. The van der Waals surface area contributed by atoms with Crippen LogP contribution in [-0.4, -0.2) is 34.9 Å². The molecular formula is C14H10N2O8S. The molecular weight excluding hydrogens is 356 g/mol. The first kappa shape index (κ1) is 18.0. The Morgan fingerprint density at radius 2 is 1.76 bits per heavy atom. The monoisotopic (exact) mass is 366 g/mol. The predicted octanol–water partition coefficient (Wildman–Crippen LogP) is 1.79. The second-order valence-electron chi connectivity index (χ2n) is 4.79. The summed E-state index contributed by atoms with van der Waals surface area (Å²) in [5, 5.41) is 21.9. The van der Waals surface area contributed by atoms with Crippen LogP contribution in [0.2, 0.25) is 0 Å². The highest BCUT2D eigenvalue weighted by Gasteiger charge is 2.17. The van der Waals surface area contributed by atoms with Crippen molar-refractivity contribution in [2.45, 2.75) is 4.90 Å². The molecule has 2 aromatic rings. The Hall–Kier alpha value is -3.31. The van der Waals surface area contributed by atoms with Crippen molar-refractivity contribution < 1.29 is 32.6 Å². The second kappa shape index (κ2) is 6.67. The van der Waals surface area contributed by atoms with Gasteiger partial charge in [-0.2, -0.15) is 8.42 Å². The summed E-state index contributed by atoms with van der Waals surface area (Å²) in [5.41, 5.74) is -1.12. The van der Waals surface area contributed by atoms with Gasteiger partial charge >= 0.3 is 5.97 Å². The fourth-order valence-electron chi connectivity index (χ4n) is 1.91. The van der Waals surface area contributed by atoms with Crippen LogP contribution in [0.1, 0.15) is 20.7 Å². The van der Waals surface area contributed by atoms with E-state index in [9.17, 15) is 28.1 Å². The Bertz CT molecular complexity index is 984. The van der Waals surface area contributed by atoms with E-state index in [2.05, 4.69) is 5.32 Å². The van der Waals surface area contributed by atoms with Crippen molar-refractivity contribution in [3.63, 3.8) is 0 Å². The highest BCUT2D eigenvalue weighted by Crippen LogP contribution is 2.21. The van der Waals surface area contributed by atoms with Crippen LogP contribution in [-0.2, 0) is 10.1 Å². The van der Waals surface area contributed by atoms with Crippen molar-refractivity contribution in [1.82, 2.24) is 0 Å². The number of hydrogen-bond donors (Lipinski definition) is 3. The van der Waals surface area contributed by atoms with Crippen molar-refractivity contribution in [2.24, 2.45) is 0 Å². The second-order valence-corrected chi connectivity index (χ2v) is 6.21. The molecule has 0 aromatic heterocycles. The number of carboxylic acids is 1. The van der Waals surface area contributed by atoms with E-state index in [0.29, 0.717) is 0 Å². The molecule has 1 amide bonds. The molecule has 0 saturated heterocycles. The average Bonchev–Trinajstić information content (AvgIpc) is 2.53. The quantitative estimate of drug-likeness (QED) is 0.409. The maximum absolute atomic E-state index is 12.1. The number of nitrogens with zero attached hydrogens (tertiary/aromatic N) is 1. The minimum Gasteiger partial charge on any atom is -0.478 e. The first-order chi connectivity index (χ1) is 11.6. The van der Waals surface area contributed by atoms with Gasteiger partial charge in [-0.1, -0.05) is 6.07 Å². The molecule has 2 aromatic carbocycles. The van der Waals surface area contributed by atoms with Gasteiger partial charge in [-0.05, 0) is 24.3 Å². The Balaban J connectivity index is 2.41. The number of benzene rings is 2. The maximum atomic E-state index is 12.1. The smallest absolute Gasteiger partial charge is 0.335 e. The van der Waals surface area contributed by atoms with E-state index in [0.717, 1.165) is 24.3 Å². The van der Waals surface area contributed by atoms with E-state index in [4.69, 9.17) is 9.66 Å². The van der Waals surface area contributed by atoms with Crippen LogP contribution in [0.4, 0.5) is 11.4 Å². The van der Waals surface area contributed by atoms with Crippen LogP contribution in [0, 0.1) is 10.1 Å². The van der Waals surface area contributed by atoms with Gasteiger partial charge in [-0.25, -0.2) is 4.79 Å². The number of carboxylic acid groups (broad SMARTS) is 1. The lowest BCUT2D eigenvalue weighted by molar-refractivity contribution is -0.384. The van der Waals surface area contributed by atoms with Crippen LogP contribution in [0.15, 0.2) is 47.4 Å². The van der Waals surface area contributed by atoms with E-state index >= 15 is 0 Å². The summed E-state index contributed by atoms with van der Waals surface area (Å²) in [4.78, 5) is 32.5. The summed E-state index contributed by atoms with van der Waals surface area (Å²) in [6.07, 6.45) is 0. The van der Waals surface area contributed by atoms with E-state index in [-0.39, 0.29) is 16.9 Å². The zero-order valence-corrected chi connectivity index (χ0v) is 13.1. The number of hydrogen-bond acceptors (Lipinski definition) is 6. The molecule has 0 fully saturated rings. The minimum atomic E-state index is -4.70. The van der Waals surface area contributed by atoms with Crippen molar-refractivity contribution in [2.75, 3.05) is 5.32 Å². The van der Waals surface area contributed by atoms with Crippen LogP contribution >= 0.6 is 0 Å². The van der Waals surface area contributed by atoms with Crippen LogP contribution in [0.25, 0.3) is 0 Å². The standard InChI is InChI=1S/C14H10N2O8S/c17-13(8-2-1-3-11(5-8)16(20)21)15-10-4-9(14(18)19)6-12(7-10)25(22,23)24/h1-7H,(H,15,17)(H,18,19)(H,22,23,24). The van der Waals surface area contributed by atoms with Crippen molar-refractivity contribution in [1.29, 1.82) is 0 Å². The lowest BCUT2D eigenvalue weighted by Crippen LogP contribution is -2.13. The largest absolute Gasteiger partial charge is 0.478 e. The lowest BCUT2D eigenvalue weighted by atomic mass is 10.1. The van der Waals surface area contributed by atoms with Gasteiger partial charge in [0.05, 0.1) is 15.4 Å². The molecule has 0 bridgehead atoms. The normalized spacial score (nSPS) is 10.9. The van der Waals surface area contributed by atoms with Gasteiger partial charge < -0.3 is 10.4 Å². The first-order valence-corrected chi connectivity index (χ1v) is 7.93. The predicted molar refractivity (Wildman–Crippen MR) is 84.3 cm³/mol. The summed E-state index contributed by atoms with van der Waals surface area (Å²) < 4.78 is 31.5. The van der Waals surface area contributed by atoms with Crippen molar-refractivity contribution in [3.05, 3.63) is 63.7 Å². The molecule has 0 aliphatic heterocycles. The van der Waals surface area contributed by atoms with E-state index < -0.39 is 37.4 Å². The van der Waals surface area contributed by atoms with E-state index in [1.165, 1.54) is 18.2 Å². The Morgan fingerprint density at radius 3 is 2.32 bits per heavy atom. The molecule has 25 heavy (non-hydrogen) atoms. The number of carbonyl (C=O) groups is 2. The zero-order valence-electron chi connectivity index (χ0n) is 12.2. The lowest BCUT2D eigenvalue weighted by Gasteiger charge is -2.08. The Kier molecular flexibility index (Phi) is 4.81. The molecule has 0 aliphatic rings. The summed E-state index contributed by atoms with van der Waals surface area (Å²) in [6, 6.07) is 7.31. The molecule has 0 aliphatic carbocycles. The fraction of sp³-hybridized carbons (Fsp3) is 0. The third-order valence-electron chi connectivity index (χ3n) is 3.03. The third-order valence-corrected chi connectivity index (χ3v) is 3.86. The van der Waals surface area contributed by atoms with Gasteiger partial charge in [0.25, 0.3) is 21.7 Å². The summed E-state index contributed by atoms with van der Waals surface area (Å²) in [7, 11) is -4.70. The number of nitro benzene ring substituents is 1. The number of nitrogens with one attached hydrogen (secondary N) is 1.